The maximum Gasteiger partial charge on any atom is 0.259 e. The van der Waals surface area contributed by atoms with Crippen LogP contribution in [0.25, 0.3) is 16.3 Å². The largest absolute Gasteiger partial charge is 0.326 e. The molecule has 2 N–H and O–H groups in total. The van der Waals surface area contributed by atoms with Crippen molar-refractivity contribution in [1.29, 1.82) is 0 Å². The summed E-state index contributed by atoms with van der Waals surface area (Å²) in [6.07, 6.45) is 3.64. The standard InChI is InChI=1S/C25H22N4O2S/c1-16-9-12-18(26-24(30)17-10-11-17)14-21(16)27-25(31)20-15-29(19-6-3-2-4-7-19)28-23(20)22-8-5-13-32-22/h2-9,12-15,17H,10-11H2,1H3,(H,26,30)(H,27,31). The van der Waals surface area contributed by atoms with E-state index < -0.39 is 0 Å². The van der Waals surface area contributed by atoms with Crippen molar-refractivity contribution in [3.63, 3.8) is 0 Å². The maximum atomic E-state index is 13.3. The number of hydrogen-bond donors (Lipinski definition) is 2. The third kappa shape index (κ3) is 4.20. The van der Waals surface area contributed by atoms with Crippen LogP contribution in [0.5, 0.6) is 0 Å². The molecular weight excluding hydrogens is 420 g/mol. The number of nitrogens with one attached hydrogen (secondary N) is 2. The number of aromatic nitrogens is 2. The van der Waals surface area contributed by atoms with Gasteiger partial charge in [0.25, 0.3) is 5.91 Å². The predicted octanol–water partition coefficient (Wildman–Crippen LogP) is 5.51. The smallest absolute Gasteiger partial charge is 0.259 e. The van der Waals surface area contributed by atoms with Gasteiger partial charge < -0.3 is 10.6 Å². The number of anilines is 2. The SMILES string of the molecule is Cc1ccc(NC(=O)C2CC2)cc1NC(=O)c1cn(-c2ccccc2)nc1-c1cccs1. The lowest BCUT2D eigenvalue weighted by molar-refractivity contribution is -0.117. The van der Waals surface area contributed by atoms with E-state index >= 15 is 0 Å². The summed E-state index contributed by atoms with van der Waals surface area (Å²) < 4.78 is 1.73. The van der Waals surface area contributed by atoms with Crippen LogP contribution in [-0.4, -0.2) is 21.6 Å². The molecule has 32 heavy (non-hydrogen) atoms. The first-order valence-corrected chi connectivity index (χ1v) is 11.4. The van der Waals surface area contributed by atoms with Crippen molar-refractivity contribution in [2.75, 3.05) is 10.6 Å². The summed E-state index contributed by atoms with van der Waals surface area (Å²) in [4.78, 5) is 26.4. The summed E-state index contributed by atoms with van der Waals surface area (Å²) in [5.74, 6) is -0.0916. The van der Waals surface area contributed by atoms with Crippen LogP contribution in [0.2, 0.25) is 0 Å². The highest BCUT2D eigenvalue weighted by Crippen LogP contribution is 2.32. The number of nitrogens with zero attached hydrogens (tertiary/aromatic N) is 2. The average molecular weight is 443 g/mol. The maximum absolute atomic E-state index is 13.3. The van der Waals surface area contributed by atoms with Crippen molar-refractivity contribution in [1.82, 2.24) is 9.78 Å². The number of benzene rings is 2. The van der Waals surface area contributed by atoms with E-state index in [4.69, 9.17) is 5.10 Å². The molecule has 5 rings (SSSR count). The molecule has 6 nitrogen and oxygen atoms in total. The number of thiophene rings is 1. The zero-order valence-electron chi connectivity index (χ0n) is 17.5. The second kappa shape index (κ2) is 8.43. The molecule has 0 radical (unpaired) electrons. The van der Waals surface area contributed by atoms with Gasteiger partial charge in [0.05, 0.1) is 16.1 Å². The molecule has 7 heteroatoms. The molecule has 2 heterocycles. The molecule has 0 bridgehead atoms. The second-order valence-electron chi connectivity index (χ2n) is 7.90. The van der Waals surface area contributed by atoms with Gasteiger partial charge in [0.1, 0.15) is 5.69 Å². The van der Waals surface area contributed by atoms with Crippen molar-refractivity contribution in [3.8, 4) is 16.3 Å². The minimum Gasteiger partial charge on any atom is -0.326 e. The number of carbonyl (C=O) groups excluding carboxylic acids is 2. The lowest BCUT2D eigenvalue weighted by Gasteiger charge is -2.11. The molecule has 1 aliphatic rings. The fourth-order valence-electron chi connectivity index (χ4n) is 3.46. The Bertz CT molecular complexity index is 1270. The monoisotopic (exact) mass is 442 g/mol. The Morgan fingerprint density at radius 2 is 1.84 bits per heavy atom. The van der Waals surface area contributed by atoms with E-state index in [1.165, 1.54) is 0 Å². The molecule has 2 amide bonds. The minimum absolute atomic E-state index is 0.0373. The molecule has 1 saturated carbocycles. The number of aryl methyl sites for hydroxylation is 1. The molecule has 0 atom stereocenters. The van der Waals surface area contributed by atoms with Crippen LogP contribution in [0.15, 0.2) is 72.2 Å². The van der Waals surface area contributed by atoms with Gasteiger partial charge >= 0.3 is 0 Å². The Morgan fingerprint density at radius 1 is 1.03 bits per heavy atom. The van der Waals surface area contributed by atoms with Gasteiger partial charge in [-0.1, -0.05) is 30.3 Å². The van der Waals surface area contributed by atoms with Crippen molar-refractivity contribution in [2.45, 2.75) is 19.8 Å². The molecule has 1 aliphatic carbocycles. The lowest BCUT2D eigenvalue weighted by Crippen LogP contribution is -2.15. The Hall–Kier alpha value is -3.71. The summed E-state index contributed by atoms with van der Waals surface area (Å²) in [6.45, 7) is 1.93. The Kier molecular flexibility index (Phi) is 5.33. The first-order valence-electron chi connectivity index (χ1n) is 10.5. The molecule has 1 fully saturated rings. The number of hydrogen-bond acceptors (Lipinski definition) is 4. The van der Waals surface area contributed by atoms with E-state index in [-0.39, 0.29) is 17.7 Å². The molecule has 2 aromatic heterocycles. The normalized spacial score (nSPS) is 13.0. The molecular formula is C25H22N4O2S. The van der Waals surface area contributed by atoms with Crippen molar-refractivity contribution in [2.24, 2.45) is 5.92 Å². The summed E-state index contributed by atoms with van der Waals surface area (Å²) in [6, 6.07) is 19.2. The number of rotatable bonds is 6. The summed E-state index contributed by atoms with van der Waals surface area (Å²) >= 11 is 1.54. The van der Waals surface area contributed by atoms with E-state index in [2.05, 4.69) is 10.6 Å². The Labute approximate surface area is 189 Å². The number of amides is 2. The quantitative estimate of drug-likeness (QED) is 0.413. The topological polar surface area (TPSA) is 76.0 Å². The second-order valence-corrected chi connectivity index (χ2v) is 8.84. The van der Waals surface area contributed by atoms with Crippen molar-refractivity contribution < 1.29 is 9.59 Å². The van der Waals surface area contributed by atoms with Gasteiger partial charge in [-0.2, -0.15) is 5.10 Å². The Balaban J connectivity index is 1.45. The van der Waals surface area contributed by atoms with Crippen molar-refractivity contribution >= 4 is 34.5 Å². The molecule has 160 valence electrons. The van der Waals surface area contributed by atoms with Crippen LogP contribution in [0.1, 0.15) is 28.8 Å². The van der Waals surface area contributed by atoms with E-state index in [1.807, 2.05) is 66.9 Å². The average Bonchev–Trinajstić information content (AvgIpc) is 3.33. The van der Waals surface area contributed by atoms with Gasteiger partial charge in [0.2, 0.25) is 5.91 Å². The highest BCUT2D eigenvalue weighted by molar-refractivity contribution is 7.13. The number of carbonyl (C=O) groups is 2. The fourth-order valence-corrected chi connectivity index (χ4v) is 4.19. The minimum atomic E-state index is -0.246. The van der Waals surface area contributed by atoms with Gasteiger partial charge in [0.15, 0.2) is 0 Å². The summed E-state index contributed by atoms with van der Waals surface area (Å²) in [7, 11) is 0. The number of para-hydroxylation sites is 1. The first-order chi connectivity index (χ1) is 15.6. The Morgan fingerprint density at radius 3 is 2.56 bits per heavy atom. The van der Waals surface area contributed by atoms with Gasteiger partial charge in [-0.05, 0) is 61.0 Å². The van der Waals surface area contributed by atoms with Crippen LogP contribution in [0.3, 0.4) is 0 Å². The molecule has 0 unspecified atom stereocenters. The molecule has 2 aromatic carbocycles. The fraction of sp³-hybridized carbons (Fsp3) is 0.160. The third-order valence-electron chi connectivity index (χ3n) is 5.44. The molecule has 0 aliphatic heterocycles. The third-order valence-corrected chi connectivity index (χ3v) is 6.31. The summed E-state index contributed by atoms with van der Waals surface area (Å²) in [5, 5.41) is 12.6. The predicted molar refractivity (Wildman–Crippen MR) is 127 cm³/mol. The van der Waals surface area contributed by atoms with Gasteiger partial charge in [-0.3, -0.25) is 9.59 Å². The zero-order valence-corrected chi connectivity index (χ0v) is 18.4. The van der Waals surface area contributed by atoms with Gasteiger partial charge in [0, 0.05) is 23.5 Å². The van der Waals surface area contributed by atoms with Crippen LogP contribution in [0.4, 0.5) is 11.4 Å². The van der Waals surface area contributed by atoms with Crippen LogP contribution >= 0.6 is 11.3 Å². The molecule has 4 aromatic rings. The van der Waals surface area contributed by atoms with Gasteiger partial charge in [-0.15, -0.1) is 11.3 Å². The highest BCUT2D eigenvalue weighted by atomic mass is 32.1. The lowest BCUT2D eigenvalue weighted by atomic mass is 10.1. The van der Waals surface area contributed by atoms with E-state index in [0.29, 0.717) is 22.6 Å². The summed E-state index contributed by atoms with van der Waals surface area (Å²) in [5.41, 5.74) is 4.26. The van der Waals surface area contributed by atoms with Crippen LogP contribution in [0, 0.1) is 12.8 Å². The highest BCUT2D eigenvalue weighted by Gasteiger charge is 2.29. The first kappa shape index (κ1) is 20.2. The zero-order chi connectivity index (χ0) is 22.1. The van der Waals surface area contributed by atoms with Crippen LogP contribution < -0.4 is 10.6 Å². The van der Waals surface area contributed by atoms with Crippen molar-refractivity contribution in [3.05, 3.63) is 83.4 Å². The van der Waals surface area contributed by atoms with E-state index in [0.717, 1.165) is 29.0 Å². The molecule has 0 spiro atoms. The molecule has 0 saturated heterocycles. The van der Waals surface area contributed by atoms with Gasteiger partial charge in [-0.25, -0.2) is 4.68 Å². The van der Waals surface area contributed by atoms with E-state index in [9.17, 15) is 9.59 Å². The van der Waals surface area contributed by atoms with Crippen LogP contribution in [-0.2, 0) is 4.79 Å². The van der Waals surface area contributed by atoms with E-state index in [1.54, 1.807) is 28.3 Å².